The Bertz CT molecular complexity index is 2420. The maximum absolute atomic E-state index is 16.6. The lowest BCUT2D eigenvalue weighted by molar-refractivity contribution is 0.0425. The number of amides is 3. The average molecular weight is 876 g/mol. The number of hydrogen-bond acceptors (Lipinski definition) is 10. The fourth-order valence-electron chi connectivity index (χ4n) is 6.98. The van der Waals surface area contributed by atoms with Crippen LogP contribution in [0.2, 0.25) is 0 Å². The smallest absolute Gasteiger partial charge is 0.425 e. The molecule has 1 fully saturated rings. The number of ether oxygens (including phenoxy) is 3. The van der Waals surface area contributed by atoms with Gasteiger partial charge in [0.25, 0.3) is 0 Å². The van der Waals surface area contributed by atoms with Gasteiger partial charge >= 0.3 is 18.3 Å². The Morgan fingerprint density at radius 2 is 1.41 bits per heavy atom. The van der Waals surface area contributed by atoms with Crippen molar-refractivity contribution in [2.24, 2.45) is 0 Å². The maximum Gasteiger partial charge on any atom is 0.425 e. The molecule has 0 bridgehead atoms. The number of pyridine rings is 1. The molecule has 1 aliphatic rings. The zero-order valence-corrected chi connectivity index (χ0v) is 37.0. The van der Waals surface area contributed by atoms with Crippen LogP contribution in [0.4, 0.5) is 37.8 Å². The number of sulfone groups is 1. The average Bonchev–Trinajstić information content (AvgIpc) is 3.50. The summed E-state index contributed by atoms with van der Waals surface area (Å²) in [6.45, 7) is 18.4. The van der Waals surface area contributed by atoms with Crippen LogP contribution in [0.3, 0.4) is 0 Å². The summed E-state index contributed by atoms with van der Waals surface area (Å²) in [5, 5.41) is 7.62. The molecule has 18 heteroatoms. The SMILES string of the molecule is CC(C)n1nc(-c2cc(F)c(CS(=O)(=O)c3cccc(F)c3F)cc2F)c2c(N(C(=O)OC(C)(C)C)C(=O)OC(C)(C)C)ncc(C3CCC(NC(=O)OC(C)(C)C)CC3)c21. The number of halogens is 4. The van der Waals surface area contributed by atoms with Crippen LogP contribution in [0.15, 0.2) is 41.4 Å². The molecule has 1 aliphatic carbocycles. The van der Waals surface area contributed by atoms with E-state index in [0.29, 0.717) is 53.8 Å². The molecular formula is C43H53F4N5O8S. The molecule has 3 amide bonds. The van der Waals surface area contributed by atoms with Gasteiger partial charge in [0.05, 0.1) is 16.7 Å². The first kappa shape index (κ1) is 46.8. The van der Waals surface area contributed by atoms with Crippen molar-refractivity contribution < 1.29 is 54.6 Å². The molecule has 61 heavy (non-hydrogen) atoms. The van der Waals surface area contributed by atoms with E-state index in [1.165, 1.54) is 6.20 Å². The molecule has 0 aliphatic heterocycles. The van der Waals surface area contributed by atoms with Gasteiger partial charge in [-0.25, -0.2) is 45.3 Å². The largest absolute Gasteiger partial charge is 0.444 e. The highest BCUT2D eigenvalue weighted by molar-refractivity contribution is 7.90. The van der Waals surface area contributed by atoms with Crippen LogP contribution in [0.25, 0.3) is 22.2 Å². The Kier molecular flexibility index (Phi) is 13.2. The number of alkyl carbamates (subject to hydrolysis) is 1. The molecule has 0 atom stereocenters. The zero-order chi connectivity index (χ0) is 45.6. The Morgan fingerprint density at radius 1 is 0.836 bits per heavy atom. The minimum Gasteiger partial charge on any atom is -0.444 e. The third kappa shape index (κ3) is 11.0. The molecule has 5 rings (SSSR count). The lowest BCUT2D eigenvalue weighted by Gasteiger charge is -2.31. The van der Waals surface area contributed by atoms with Gasteiger partial charge in [-0.05, 0) is 138 Å². The Hall–Kier alpha value is -5.26. The third-order valence-electron chi connectivity index (χ3n) is 9.46. The van der Waals surface area contributed by atoms with Gasteiger partial charge in [-0.2, -0.15) is 10.00 Å². The summed E-state index contributed by atoms with van der Waals surface area (Å²) in [6.07, 6.45) is 0.740. The molecule has 1 saturated carbocycles. The number of carbonyl (C=O) groups excluding carboxylic acids is 3. The number of aromatic nitrogens is 3. The second-order valence-electron chi connectivity index (χ2n) is 18.4. The summed E-state index contributed by atoms with van der Waals surface area (Å²) in [5.74, 6) is -7.28. The lowest BCUT2D eigenvalue weighted by atomic mass is 9.81. The minimum atomic E-state index is -4.72. The molecule has 0 saturated heterocycles. The minimum absolute atomic E-state index is 0.0441. The lowest BCUT2D eigenvalue weighted by Crippen LogP contribution is -2.44. The van der Waals surface area contributed by atoms with Crippen molar-refractivity contribution in [2.45, 2.75) is 147 Å². The van der Waals surface area contributed by atoms with E-state index in [4.69, 9.17) is 19.3 Å². The number of imide groups is 1. The van der Waals surface area contributed by atoms with Crippen LogP contribution in [0.5, 0.6) is 0 Å². The standard InChI is InChI=1S/C43H53F4N5O8S/c1-23(2)52-36-28(24-15-17-26(18-16-24)49-38(53)58-41(3,4)5)21-48-37(51(39(54)59-42(6,7)8)40(55)60-43(9,10)11)33(36)35(50-52)27-20-30(45)25(19-31(27)46)22-61(56,57)32-14-12-13-29(44)34(32)47/h12-14,19-21,23-24,26H,15-18,22H2,1-11H3,(H,49,53). The molecule has 332 valence electrons. The van der Waals surface area contributed by atoms with Gasteiger partial charge in [0.15, 0.2) is 27.3 Å². The van der Waals surface area contributed by atoms with Gasteiger partial charge in [0, 0.05) is 29.4 Å². The molecule has 0 radical (unpaired) electrons. The van der Waals surface area contributed by atoms with E-state index < -0.39 is 96.0 Å². The monoisotopic (exact) mass is 875 g/mol. The first-order valence-corrected chi connectivity index (χ1v) is 21.5. The maximum atomic E-state index is 16.6. The van der Waals surface area contributed by atoms with E-state index in [0.717, 1.165) is 18.2 Å². The fraction of sp³-hybridized carbons (Fsp3) is 0.512. The highest BCUT2D eigenvalue weighted by Crippen LogP contribution is 2.44. The van der Waals surface area contributed by atoms with Gasteiger partial charge < -0.3 is 19.5 Å². The van der Waals surface area contributed by atoms with Crippen molar-refractivity contribution in [3.63, 3.8) is 0 Å². The normalized spacial score (nSPS) is 16.4. The second kappa shape index (κ2) is 17.2. The molecule has 1 N–H and O–H groups in total. The van der Waals surface area contributed by atoms with Gasteiger partial charge in [-0.15, -0.1) is 0 Å². The zero-order valence-electron chi connectivity index (χ0n) is 36.2. The number of anilines is 1. The van der Waals surface area contributed by atoms with Crippen LogP contribution in [0.1, 0.15) is 125 Å². The topological polar surface area (TPSA) is 159 Å². The predicted molar refractivity (Wildman–Crippen MR) is 220 cm³/mol. The van der Waals surface area contributed by atoms with Gasteiger partial charge in [-0.3, -0.25) is 4.68 Å². The Morgan fingerprint density at radius 3 is 1.95 bits per heavy atom. The number of carbonyl (C=O) groups is 3. The summed E-state index contributed by atoms with van der Waals surface area (Å²) in [4.78, 5) is 44.8. The molecule has 0 spiro atoms. The highest BCUT2D eigenvalue weighted by Gasteiger charge is 2.39. The van der Waals surface area contributed by atoms with Crippen LogP contribution >= 0.6 is 0 Å². The molecule has 4 aromatic rings. The number of nitrogens with zero attached hydrogens (tertiary/aromatic N) is 4. The molecule has 0 unspecified atom stereocenters. The van der Waals surface area contributed by atoms with Crippen LogP contribution < -0.4 is 10.2 Å². The molecule has 13 nitrogen and oxygen atoms in total. The van der Waals surface area contributed by atoms with Crippen LogP contribution in [0, 0.1) is 23.3 Å². The summed E-state index contributed by atoms with van der Waals surface area (Å²) >= 11 is 0. The van der Waals surface area contributed by atoms with E-state index in [-0.39, 0.29) is 28.9 Å². The molecular weight excluding hydrogens is 823 g/mol. The van der Waals surface area contributed by atoms with E-state index in [1.54, 1.807) is 80.8 Å². The quantitative estimate of drug-likeness (QED) is 0.133. The Labute approximate surface area is 353 Å². The number of nitrogens with one attached hydrogen (secondary N) is 1. The van der Waals surface area contributed by atoms with Crippen molar-refractivity contribution in [3.8, 4) is 11.3 Å². The summed E-state index contributed by atoms with van der Waals surface area (Å²) < 4.78 is 106. The molecule has 2 aromatic carbocycles. The van der Waals surface area contributed by atoms with Crippen molar-refractivity contribution in [2.75, 3.05) is 4.90 Å². The molecule has 2 aromatic heterocycles. The van der Waals surface area contributed by atoms with Crippen molar-refractivity contribution in [1.29, 1.82) is 0 Å². The first-order chi connectivity index (χ1) is 28.1. The third-order valence-corrected chi connectivity index (χ3v) is 11.1. The van der Waals surface area contributed by atoms with Gasteiger partial charge in [-0.1, -0.05) is 6.07 Å². The first-order valence-electron chi connectivity index (χ1n) is 19.9. The second-order valence-corrected chi connectivity index (χ2v) is 20.3. The van der Waals surface area contributed by atoms with Crippen LogP contribution in [-0.2, 0) is 29.8 Å². The number of hydrogen-bond donors (Lipinski definition) is 1. The van der Waals surface area contributed by atoms with Gasteiger partial charge in [0.1, 0.15) is 39.0 Å². The summed E-state index contributed by atoms with van der Waals surface area (Å²) in [5.41, 5.74) is -3.41. The Balaban J connectivity index is 1.72. The van der Waals surface area contributed by atoms with Crippen molar-refractivity contribution >= 4 is 44.8 Å². The summed E-state index contributed by atoms with van der Waals surface area (Å²) in [6, 6.07) is 3.19. The van der Waals surface area contributed by atoms with Crippen molar-refractivity contribution in [1.82, 2.24) is 20.1 Å². The van der Waals surface area contributed by atoms with E-state index in [9.17, 15) is 31.6 Å². The van der Waals surface area contributed by atoms with Crippen molar-refractivity contribution in [3.05, 3.63) is 70.9 Å². The number of rotatable bonds is 8. The van der Waals surface area contributed by atoms with E-state index in [1.807, 2.05) is 0 Å². The van der Waals surface area contributed by atoms with E-state index >= 15 is 8.78 Å². The van der Waals surface area contributed by atoms with E-state index in [2.05, 4.69) is 10.3 Å². The van der Waals surface area contributed by atoms with Gasteiger partial charge in [0.2, 0.25) is 0 Å². The van der Waals surface area contributed by atoms with Crippen LogP contribution in [-0.4, -0.2) is 64.3 Å². The fourth-order valence-corrected chi connectivity index (χ4v) is 8.42. The highest BCUT2D eigenvalue weighted by atomic mass is 32.2. The number of benzene rings is 2. The summed E-state index contributed by atoms with van der Waals surface area (Å²) in [7, 11) is -4.72. The molecule has 2 heterocycles. The predicted octanol–water partition coefficient (Wildman–Crippen LogP) is 10.4. The number of fused-ring (bicyclic) bond motifs is 1.